The lowest BCUT2D eigenvalue weighted by Crippen LogP contribution is -2.40. The smallest absolute Gasteiger partial charge is 0.290 e. The third-order valence-corrected chi connectivity index (χ3v) is 4.87. The lowest BCUT2D eigenvalue weighted by atomic mass is 9.90. The first-order chi connectivity index (χ1) is 12.7. The third-order valence-electron chi connectivity index (χ3n) is 4.87. The molecule has 0 bridgehead atoms. The molecule has 0 spiro atoms. The third kappa shape index (κ3) is 2.28. The summed E-state index contributed by atoms with van der Waals surface area (Å²) in [5.41, 5.74) is 2.97. The van der Waals surface area contributed by atoms with E-state index in [1.165, 1.54) is 6.26 Å². The van der Waals surface area contributed by atoms with E-state index in [4.69, 9.17) is 13.9 Å². The summed E-state index contributed by atoms with van der Waals surface area (Å²) in [5, 5.41) is 4.56. The van der Waals surface area contributed by atoms with E-state index >= 15 is 0 Å². The van der Waals surface area contributed by atoms with Crippen LogP contribution < -0.4 is 9.47 Å². The number of carbonyl (C=O) groups excluding carboxylic acids is 1. The van der Waals surface area contributed by atoms with Crippen molar-refractivity contribution in [3.05, 3.63) is 65.4 Å². The van der Waals surface area contributed by atoms with Crippen molar-refractivity contribution >= 4 is 5.91 Å². The summed E-state index contributed by atoms with van der Waals surface area (Å²) in [4.78, 5) is 14.8. The molecule has 2 aliphatic rings. The highest BCUT2D eigenvalue weighted by Crippen LogP contribution is 2.42. The van der Waals surface area contributed by atoms with Crippen molar-refractivity contribution in [2.24, 2.45) is 7.05 Å². The molecule has 2 aliphatic heterocycles. The maximum absolute atomic E-state index is 13.0. The van der Waals surface area contributed by atoms with E-state index in [0.29, 0.717) is 18.1 Å². The van der Waals surface area contributed by atoms with E-state index in [9.17, 15) is 4.79 Å². The average molecular weight is 351 g/mol. The molecule has 0 fully saturated rings. The maximum atomic E-state index is 13.0. The molecule has 0 radical (unpaired) electrons. The highest BCUT2D eigenvalue weighted by Gasteiger charge is 2.36. The topological polar surface area (TPSA) is 69.7 Å². The van der Waals surface area contributed by atoms with E-state index in [1.54, 1.807) is 16.8 Å². The molecular formula is C19H17N3O4. The molecule has 0 N–H and O–H groups in total. The second-order valence-electron chi connectivity index (χ2n) is 6.45. The van der Waals surface area contributed by atoms with E-state index in [0.717, 1.165) is 29.0 Å². The van der Waals surface area contributed by atoms with Gasteiger partial charge in [0.15, 0.2) is 17.3 Å². The van der Waals surface area contributed by atoms with Crippen molar-refractivity contribution in [1.29, 1.82) is 0 Å². The molecule has 0 saturated heterocycles. The van der Waals surface area contributed by atoms with Crippen LogP contribution in [0, 0.1) is 0 Å². The Labute approximate surface area is 149 Å². The van der Waals surface area contributed by atoms with Crippen LogP contribution in [0.5, 0.6) is 11.5 Å². The minimum Gasteiger partial charge on any atom is -0.459 e. The largest absolute Gasteiger partial charge is 0.459 e. The summed E-state index contributed by atoms with van der Waals surface area (Å²) in [6.07, 6.45) is 4.13. The predicted molar refractivity (Wildman–Crippen MR) is 91.1 cm³/mol. The Hall–Kier alpha value is -3.22. The number of nitrogens with zero attached hydrogens (tertiary/aromatic N) is 3. The molecule has 7 heteroatoms. The lowest BCUT2D eigenvalue weighted by Gasteiger charge is -2.36. The van der Waals surface area contributed by atoms with Crippen LogP contribution in [-0.2, 0) is 13.5 Å². The number of furan rings is 1. The van der Waals surface area contributed by atoms with Crippen LogP contribution in [0.3, 0.4) is 0 Å². The van der Waals surface area contributed by atoms with Gasteiger partial charge in [-0.05, 0) is 47.9 Å². The quantitative estimate of drug-likeness (QED) is 0.710. The van der Waals surface area contributed by atoms with Crippen molar-refractivity contribution in [1.82, 2.24) is 14.7 Å². The highest BCUT2D eigenvalue weighted by atomic mass is 16.7. The average Bonchev–Trinajstić information content (AvgIpc) is 3.39. The van der Waals surface area contributed by atoms with Gasteiger partial charge in [-0.15, -0.1) is 0 Å². The molecule has 1 amide bonds. The zero-order chi connectivity index (χ0) is 17.7. The molecule has 1 aromatic carbocycles. The molecule has 5 rings (SSSR count). The zero-order valence-electron chi connectivity index (χ0n) is 14.2. The molecule has 0 saturated carbocycles. The first kappa shape index (κ1) is 15.1. The van der Waals surface area contributed by atoms with Crippen molar-refractivity contribution in [2.45, 2.75) is 12.5 Å². The molecule has 132 valence electrons. The molecule has 0 aliphatic carbocycles. The van der Waals surface area contributed by atoms with Crippen LogP contribution in [0.1, 0.15) is 33.4 Å². The fourth-order valence-electron chi connectivity index (χ4n) is 3.67. The van der Waals surface area contributed by atoms with Crippen LogP contribution in [-0.4, -0.2) is 33.9 Å². The first-order valence-corrected chi connectivity index (χ1v) is 8.47. The lowest BCUT2D eigenvalue weighted by molar-refractivity contribution is 0.0658. The van der Waals surface area contributed by atoms with Crippen molar-refractivity contribution in [2.75, 3.05) is 13.3 Å². The van der Waals surface area contributed by atoms with E-state index in [2.05, 4.69) is 5.10 Å². The summed E-state index contributed by atoms with van der Waals surface area (Å²) in [6, 6.07) is 9.03. The summed E-state index contributed by atoms with van der Waals surface area (Å²) in [7, 11) is 1.87. The van der Waals surface area contributed by atoms with Crippen LogP contribution in [0.25, 0.3) is 0 Å². The van der Waals surface area contributed by atoms with Crippen LogP contribution in [0.4, 0.5) is 0 Å². The van der Waals surface area contributed by atoms with Crippen molar-refractivity contribution in [3.8, 4) is 11.5 Å². The number of hydrogen-bond acceptors (Lipinski definition) is 5. The van der Waals surface area contributed by atoms with E-state index in [-0.39, 0.29) is 18.7 Å². The standard InChI is InChI=1S/C19H17N3O4/c1-21-6-5-14(20-21)18-13-10-17-16(25-11-26-17)9-12(13)4-7-22(18)19(23)15-3-2-8-24-15/h2-3,5-6,8-10,18H,4,7,11H2,1H3/t18-/m1/s1. The molecular weight excluding hydrogens is 334 g/mol. The second kappa shape index (κ2) is 5.66. The Morgan fingerprint density at radius 3 is 2.81 bits per heavy atom. The highest BCUT2D eigenvalue weighted by molar-refractivity contribution is 5.92. The number of carbonyl (C=O) groups is 1. The fourth-order valence-corrected chi connectivity index (χ4v) is 3.67. The summed E-state index contributed by atoms with van der Waals surface area (Å²) >= 11 is 0. The Bertz CT molecular complexity index is 977. The van der Waals surface area contributed by atoms with Gasteiger partial charge in [0.25, 0.3) is 5.91 Å². The van der Waals surface area contributed by atoms with Gasteiger partial charge in [0, 0.05) is 19.8 Å². The molecule has 2 aromatic heterocycles. The normalized spacial score (nSPS) is 18.0. The predicted octanol–water partition coefficient (Wildman–Crippen LogP) is 2.53. The Morgan fingerprint density at radius 2 is 2.08 bits per heavy atom. The van der Waals surface area contributed by atoms with Gasteiger partial charge in [0.2, 0.25) is 6.79 Å². The molecule has 7 nitrogen and oxygen atoms in total. The number of hydrogen-bond donors (Lipinski definition) is 0. The SMILES string of the molecule is Cn1ccc([C@H]2c3cc4c(cc3CCN2C(=O)c2ccco2)OCO4)n1. The summed E-state index contributed by atoms with van der Waals surface area (Å²) in [6.45, 7) is 0.801. The van der Waals surface area contributed by atoms with Crippen molar-refractivity contribution in [3.63, 3.8) is 0 Å². The second-order valence-corrected chi connectivity index (χ2v) is 6.45. The minimum atomic E-state index is -0.299. The number of aromatic nitrogens is 2. The number of benzene rings is 1. The first-order valence-electron chi connectivity index (χ1n) is 8.47. The Balaban J connectivity index is 1.64. The fraction of sp³-hybridized carbons (Fsp3) is 0.263. The number of aryl methyl sites for hydroxylation is 1. The van der Waals surface area contributed by atoms with Gasteiger partial charge in [-0.1, -0.05) is 0 Å². The number of rotatable bonds is 2. The summed E-state index contributed by atoms with van der Waals surface area (Å²) in [5.74, 6) is 1.65. The van der Waals surface area contributed by atoms with E-state index < -0.39 is 0 Å². The Kier molecular flexibility index (Phi) is 3.28. The van der Waals surface area contributed by atoms with Gasteiger partial charge < -0.3 is 18.8 Å². The molecule has 4 heterocycles. The van der Waals surface area contributed by atoms with Gasteiger partial charge in [-0.3, -0.25) is 9.48 Å². The molecule has 3 aromatic rings. The minimum absolute atomic E-state index is 0.144. The van der Waals surface area contributed by atoms with E-state index in [1.807, 2.05) is 36.3 Å². The Morgan fingerprint density at radius 1 is 1.23 bits per heavy atom. The van der Waals surface area contributed by atoms with Gasteiger partial charge in [-0.2, -0.15) is 5.10 Å². The number of amides is 1. The molecule has 0 unspecified atom stereocenters. The molecule has 1 atom stereocenters. The van der Waals surface area contributed by atoms with Gasteiger partial charge in [-0.25, -0.2) is 0 Å². The molecule has 26 heavy (non-hydrogen) atoms. The summed E-state index contributed by atoms with van der Waals surface area (Å²) < 4.78 is 18.1. The van der Waals surface area contributed by atoms with Gasteiger partial charge in [0.05, 0.1) is 12.0 Å². The monoisotopic (exact) mass is 351 g/mol. The van der Waals surface area contributed by atoms with Crippen molar-refractivity contribution < 1.29 is 18.7 Å². The maximum Gasteiger partial charge on any atom is 0.290 e. The van der Waals surface area contributed by atoms with Crippen LogP contribution in [0.15, 0.2) is 47.2 Å². The zero-order valence-corrected chi connectivity index (χ0v) is 14.2. The van der Waals surface area contributed by atoms with Crippen LogP contribution >= 0.6 is 0 Å². The van der Waals surface area contributed by atoms with Gasteiger partial charge >= 0.3 is 0 Å². The number of fused-ring (bicyclic) bond motifs is 2. The van der Waals surface area contributed by atoms with Crippen LogP contribution in [0.2, 0.25) is 0 Å². The number of ether oxygens (including phenoxy) is 2. The van der Waals surface area contributed by atoms with Gasteiger partial charge in [0.1, 0.15) is 6.04 Å².